The summed E-state index contributed by atoms with van der Waals surface area (Å²) in [5, 5.41) is 6.28. The van der Waals surface area contributed by atoms with Crippen LogP contribution in [0, 0.1) is 13.8 Å². The van der Waals surface area contributed by atoms with Gasteiger partial charge in [0.25, 0.3) is 5.56 Å². The largest absolute Gasteiger partial charge is 0.384 e. The number of rotatable bonds is 8. The molecule has 1 amide bonds. The second-order valence-corrected chi connectivity index (χ2v) is 9.73. The van der Waals surface area contributed by atoms with Crippen molar-refractivity contribution in [3.63, 3.8) is 0 Å². The van der Waals surface area contributed by atoms with Crippen LogP contribution in [0.4, 0.5) is 11.6 Å². The van der Waals surface area contributed by atoms with E-state index in [9.17, 15) is 9.59 Å². The number of nitrogens with one attached hydrogen (secondary N) is 2. The molecule has 0 aliphatic carbocycles. The number of fused-ring (bicyclic) bond motifs is 1. The van der Waals surface area contributed by atoms with Crippen molar-refractivity contribution in [2.45, 2.75) is 45.2 Å². The highest BCUT2D eigenvalue weighted by atomic mass is 35.5. The topological polar surface area (TPSA) is 115 Å². The van der Waals surface area contributed by atoms with Gasteiger partial charge in [0.1, 0.15) is 11.9 Å². The van der Waals surface area contributed by atoms with Crippen LogP contribution in [0.5, 0.6) is 0 Å². The Morgan fingerprint density at radius 3 is 2.27 bits per heavy atom. The van der Waals surface area contributed by atoms with Crippen molar-refractivity contribution in [2.24, 2.45) is 0 Å². The Bertz CT molecular complexity index is 1450. The van der Waals surface area contributed by atoms with Crippen molar-refractivity contribution in [1.29, 1.82) is 0 Å². The minimum atomic E-state index is -0.581. The molecule has 0 saturated carbocycles. The second-order valence-electron chi connectivity index (χ2n) is 9.73. The van der Waals surface area contributed by atoms with Gasteiger partial charge in [0.05, 0.1) is 0 Å². The lowest BCUT2D eigenvalue weighted by Gasteiger charge is -2.20. The summed E-state index contributed by atoms with van der Waals surface area (Å²) in [5.41, 5.74) is 11.3. The van der Waals surface area contributed by atoms with Gasteiger partial charge >= 0.3 is 0 Å². The maximum atomic E-state index is 13.5. The van der Waals surface area contributed by atoms with Gasteiger partial charge in [-0.2, -0.15) is 0 Å². The summed E-state index contributed by atoms with van der Waals surface area (Å²) >= 11 is 0. The van der Waals surface area contributed by atoms with Crippen LogP contribution in [0.3, 0.4) is 0 Å². The van der Waals surface area contributed by atoms with Gasteiger partial charge in [-0.1, -0.05) is 60.7 Å². The lowest BCUT2D eigenvalue weighted by Crippen LogP contribution is -2.37. The molecule has 3 heterocycles. The number of nitrogen functional groups attached to an aromatic ring is 1. The number of benzene rings is 2. The molecule has 1 aliphatic rings. The summed E-state index contributed by atoms with van der Waals surface area (Å²) in [7, 11) is 0. The number of carbonyl (C=O) groups is 1. The molecule has 1 aliphatic heterocycles. The molecule has 1 atom stereocenters. The minimum absolute atomic E-state index is 0. The second kappa shape index (κ2) is 13.5. The Labute approximate surface area is 246 Å². The first-order valence-corrected chi connectivity index (χ1v) is 12.9. The molecule has 2 aromatic heterocycles. The number of nitrogens with zero attached hydrogens (tertiary/aromatic N) is 3. The SMILES string of the molecule is Cc1cc(N)nc(C)c1CNC(=O)[C@@H]1CCc2cnc(NCC(c3ccccc3)c3ccccc3)c(=O)n21.Cl.Cl. The molecule has 4 N–H and O–H groups in total. The fraction of sp³-hybridized carbons (Fsp3) is 0.267. The molecule has 2 aromatic carbocycles. The van der Waals surface area contributed by atoms with E-state index in [0.29, 0.717) is 31.7 Å². The van der Waals surface area contributed by atoms with E-state index >= 15 is 0 Å². The van der Waals surface area contributed by atoms with Crippen molar-refractivity contribution in [3.8, 4) is 0 Å². The van der Waals surface area contributed by atoms with E-state index in [4.69, 9.17) is 5.73 Å². The monoisotopic (exact) mass is 580 g/mol. The van der Waals surface area contributed by atoms with Crippen molar-refractivity contribution in [1.82, 2.24) is 19.9 Å². The van der Waals surface area contributed by atoms with Crippen LogP contribution < -0.4 is 21.9 Å². The Hall–Kier alpha value is -3.88. The molecule has 10 heteroatoms. The molecule has 0 fully saturated rings. The summed E-state index contributed by atoms with van der Waals surface area (Å²) in [4.78, 5) is 35.5. The normalized spacial score (nSPS) is 13.6. The molecule has 0 spiro atoms. The Morgan fingerprint density at radius 2 is 1.68 bits per heavy atom. The predicted octanol–water partition coefficient (Wildman–Crippen LogP) is 4.73. The number of amides is 1. The number of anilines is 2. The summed E-state index contributed by atoms with van der Waals surface area (Å²) in [5.74, 6) is 0.557. The van der Waals surface area contributed by atoms with Crippen LogP contribution in [0.1, 0.15) is 52.0 Å². The zero-order valence-electron chi connectivity index (χ0n) is 22.5. The molecule has 0 saturated heterocycles. The number of halogens is 2. The standard InChI is InChI=1S/C30H32N6O2.2ClH/c1-19-15-27(31)35-20(2)24(19)17-34-29(37)26-14-13-23-16-32-28(30(38)36(23)26)33-18-25(21-9-5-3-6-10-21)22-11-7-4-8-12-22;;/h3-12,15-16,25-26H,13-14,17-18H2,1-2H3,(H2,31,35)(H,32,33)(H,34,37);2*1H/t26-;;/m0../s1. The molecular weight excluding hydrogens is 547 g/mol. The van der Waals surface area contributed by atoms with E-state index in [0.717, 1.165) is 33.6 Å². The average molecular weight is 582 g/mol. The maximum absolute atomic E-state index is 13.5. The van der Waals surface area contributed by atoms with Gasteiger partial charge in [0.15, 0.2) is 5.82 Å². The highest BCUT2D eigenvalue weighted by Crippen LogP contribution is 2.27. The summed E-state index contributed by atoms with van der Waals surface area (Å²) in [6.45, 7) is 4.65. The van der Waals surface area contributed by atoms with E-state index in [-0.39, 0.29) is 48.0 Å². The van der Waals surface area contributed by atoms with Crippen LogP contribution in [0.2, 0.25) is 0 Å². The van der Waals surface area contributed by atoms with E-state index in [2.05, 4.69) is 44.9 Å². The van der Waals surface area contributed by atoms with Gasteiger partial charge in [-0.25, -0.2) is 9.97 Å². The number of hydrogen-bond acceptors (Lipinski definition) is 6. The Morgan fingerprint density at radius 1 is 1.05 bits per heavy atom. The lowest BCUT2D eigenvalue weighted by molar-refractivity contribution is -0.124. The van der Waals surface area contributed by atoms with Crippen molar-refractivity contribution in [3.05, 3.63) is 117 Å². The van der Waals surface area contributed by atoms with Crippen molar-refractivity contribution >= 4 is 42.4 Å². The first-order chi connectivity index (χ1) is 18.4. The summed E-state index contributed by atoms with van der Waals surface area (Å²) < 4.78 is 1.59. The third kappa shape index (κ3) is 6.46. The Balaban J connectivity index is 0.00000220. The fourth-order valence-corrected chi connectivity index (χ4v) is 5.26. The van der Waals surface area contributed by atoms with Crippen LogP contribution in [0.25, 0.3) is 0 Å². The van der Waals surface area contributed by atoms with Gasteiger partial charge < -0.3 is 16.4 Å². The number of pyridine rings is 1. The van der Waals surface area contributed by atoms with Crippen molar-refractivity contribution < 1.29 is 4.79 Å². The zero-order chi connectivity index (χ0) is 26.6. The van der Waals surface area contributed by atoms with E-state index in [1.165, 1.54) is 0 Å². The smallest absolute Gasteiger partial charge is 0.294 e. The van der Waals surface area contributed by atoms with E-state index in [1.807, 2.05) is 50.2 Å². The molecule has 0 unspecified atom stereocenters. The third-order valence-corrected chi connectivity index (χ3v) is 7.25. The van der Waals surface area contributed by atoms with Crippen molar-refractivity contribution in [2.75, 3.05) is 17.6 Å². The number of aromatic nitrogens is 3. The molecule has 4 aromatic rings. The molecule has 8 nitrogen and oxygen atoms in total. The fourth-order valence-electron chi connectivity index (χ4n) is 5.26. The molecule has 5 rings (SSSR count). The van der Waals surface area contributed by atoms with Crippen LogP contribution in [-0.2, 0) is 17.8 Å². The van der Waals surface area contributed by atoms with Crippen LogP contribution >= 0.6 is 24.8 Å². The minimum Gasteiger partial charge on any atom is -0.384 e. The van der Waals surface area contributed by atoms with Gasteiger partial charge in [-0.15, -0.1) is 24.8 Å². The lowest BCUT2D eigenvalue weighted by atomic mass is 9.91. The van der Waals surface area contributed by atoms with Crippen LogP contribution in [0.15, 0.2) is 77.7 Å². The Kier molecular flexibility index (Phi) is 10.3. The number of aryl methyl sites for hydroxylation is 3. The number of carbonyl (C=O) groups excluding carboxylic acids is 1. The van der Waals surface area contributed by atoms with Crippen LogP contribution in [-0.4, -0.2) is 27.0 Å². The first-order valence-electron chi connectivity index (χ1n) is 12.9. The molecule has 0 bridgehead atoms. The molecule has 40 heavy (non-hydrogen) atoms. The highest BCUT2D eigenvalue weighted by molar-refractivity contribution is 5.85. The van der Waals surface area contributed by atoms with Gasteiger partial charge in [-0.05, 0) is 55.0 Å². The summed E-state index contributed by atoms with van der Waals surface area (Å²) in [6.07, 6.45) is 2.88. The molecule has 210 valence electrons. The molecular formula is C30H34Cl2N6O2. The van der Waals surface area contributed by atoms with E-state index in [1.54, 1.807) is 16.8 Å². The quantitative estimate of drug-likeness (QED) is 0.277. The molecule has 0 radical (unpaired) electrons. The highest BCUT2D eigenvalue weighted by Gasteiger charge is 2.31. The summed E-state index contributed by atoms with van der Waals surface area (Å²) in [6, 6.07) is 21.6. The van der Waals surface area contributed by atoms with Gasteiger partial charge in [-0.3, -0.25) is 14.2 Å². The van der Waals surface area contributed by atoms with E-state index < -0.39 is 6.04 Å². The zero-order valence-corrected chi connectivity index (χ0v) is 24.1. The van der Waals surface area contributed by atoms with Gasteiger partial charge in [0, 0.05) is 36.6 Å². The maximum Gasteiger partial charge on any atom is 0.294 e. The third-order valence-electron chi connectivity index (χ3n) is 7.25. The first kappa shape index (κ1) is 30.7. The number of hydrogen-bond donors (Lipinski definition) is 3. The van der Waals surface area contributed by atoms with Gasteiger partial charge in [0.2, 0.25) is 5.91 Å². The predicted molar refractivity (Wildman–Crippen MR) is 164 cm³/mol. The number of nitrogens with two attached hydrogens (primary N) is 1. The average Bonchev–Trinajstić information content (AvgIpc) is 3.36.